The molecule has 2 rings (SSSR count). The second-order valence-corrected chi connectivity index (χ2v) is 5.27. The van der Waals surface area contributed by atoms with E-state index in [4.69, 9.17) is 5.11 Å². The number of carboxylic acid groups (broad SMARTS) is 1. The van der Waals surface area contributed by atoms with E-state index in [-0.39, 0.29) is 18.5 Å². The highest BCUT2D eigenvalue weighted by Gasteiger charge is 2.39. The first-order chi connectivity index (χ1) is 8.88. The fourth-order valence-electron chi connectivity index (χ4n) is 2.12. The lowest BCUT2D eigenvalue weighted by atomic mass is 10.1. The molecular formula is C12H11BrFNO4. The number of β-amino-alcohol motifs (C(OH)–C–C–N with tert-alkyl or cyclic N) is 1. The van der Waals surface area contributed by atoms with Gasteiger partial charge in [-0.15, -0.1) is 0 Å². The number of hydrogen-bond donors (Lipinski definition) is 2. The highest BCUT2D eigenvalue weighted by Crippen LogP contribution is 2.23. The van der Waals surface area contributed by atoms with E-state index in [0.29, 0.717) is 4.47 Å². The molecule has 1 fully saturated rings. The number of benzene rings is 1. The Bertz CT molecular complexity index is 516. The van der Waals surface area contributed by atoms with Crippen LogP contribution in [0.3, 0.4) is 0 Å². The van der Waals surface area contributed by atoms with Gasteiger partial charge in [0.1, 0.15) is 11.9 Å². The lowest BCUT2D eigenvalue weighted by Crippen LogP contribution is -2.40. The molecule has 1 aromatic rings. The summed E-state index contributed by atoms with van der Waals surface area (Å²) in [5, 5.41) is 18.5. The van der Waals surface area contributed by atoms with Gasteiger partial charge in [0.05, 0.1) is 6.10 Å². The molecule has 1 aliphatic rings. The van der Waals surface area contributed by atoms with E-state index >= 15 is 0 Å². The van der Waals surface area contributed by atoms with Gasteiger partial charge in [0, 0.05) is 23.0 Å². The lowest BCUT2D eigenvalue weighted by molar-refractivity contribution is -0.141. The highest BCUT2D eigenvalue weighted by atomic mass is 79.9. The van der Waals surface area contributed by atoms with Gasteiger partial charge in [0.25, 0.3) is 5.91 Å². The van der Waals surface area contributed by atoms with Crippen molar-refractivity contribution in [1.29, 1.82) is 0 Å². The molecule has 0 aliphatic carbocycles. The Morgan fingerprint density at radius 1 is 1.37 bits per heavy atom. The van der Waals surface area contributed by atoms with E-state index in [0.717, 1.165) is 11.0 Å². The zero-order chi connectivity index (χ0) is 14.2. The first-order valence-electron chi connectivity index (χ1n) is 5.56. The van der Waals surface area contributed by atoms with Crippen molar-refractivity contribution in [3.05, 3.63) is 34.1 Å². The fraction of sp³-hybridized carbons (Fsp3) is 0.333. The molecule has 1 aliphatic heterocycles. The molecule has 0 saturated carbocycles. The smallest absolute Gasteiger partial charge is 0.326 e. The molecule has 0 bridgehead atoms. The van der Waals surface area contributed by atoms with E-state index in [9.17, 15) is 19.1 Å². The third kappa shape index (κ3) is 2.93. The number of rotatable bonds is 2. The maximum atomic E-state index is 13.2. The summed E-state index contributed by atoms with van der Waals surface area (Å²) >= 11 is 3.07. The molecule has 0 radical (unpaired) electrons. The summed E-state index contributed by atoms with van der Waals surface area (Å²) in [6.45, 7) is -0.0655. The van der Waals surface area contributed by atoms with Crippen molar-refractivity contribution in [2.24, 2.45) is 0 Å². The van der Waals surface area contributed by atoms with Gasteiger partial charge in [-0.3, -0.25) is 4.79 Å². The molecule has 102 valence electrons. The zero-order valence-corrected chi connectivity index (χ0v) is 11.3. The van der Waals surface area contributed by atoms with Crippen molar-refractivity contribution in [1.82, 2.24) is 4.90 Å². The largest absolute Gasteiger partial charge is 0.480 e. The quantitative estimate of drug-likeness (QED) is 0.854. The molecule has 0 unspecified atom stereocenters. The van der Waals surface area contributed by atoms with E-state index in [2.05, 4.69) is 15.9 Å². The predicted molar refractivity (Wildman–Crippen MR) is 67.2 cm³/mol. The highest BCUT2D eigenvalue weighted by molar-refractivity contribution is 9.10. The van der Waals surface area contributed by atoms with Gasteiger partial charge in [-0.05, 0) is 18.2 Å². The predicted octanol–water partition coefficient (Wildman–Crippen LogP) is 1.25. The summed E-state index contributed by atoms with van der Waals surface area (Å²) in [5.74, 6) is -2.38. The SMILES string of the molecule is O=C(O)[C@@H]1C[C@H](O)CN1C(=O)c1cc(F)cc(Br)c1. The van der Waals surface area contributed by atoms with Crippen LogP contribution in [0.5, 0.6) is 0 Å². The average molecular weight is 332 g/mol. The third-order valence-electron chi connectivity index (χ3n) is 2.93. The Labute approximate surface area is 116 Å². The van der Waals surface area contributed by atoms with Gasteiger partial charge >= 0.3 is 5.97 Å². The number of halogens is 2. The van der Waals surface area contributed by atoms with Gasteiger partial charge < -0.3 is 15.1 Å². The molecule has 1 saturated heterocycles. The molecule has 0 spiro atoms. The summed E-state index contributed by atoms with van der Waals surface area (Å²) in [4.78, 5) is 24.3. The normalized spacial score (nSPS) is 22.6. The van der Waals surface area contributed by atoms with Crippen LogP contribution in [0.15, 0.2) is 22.7 Å². The number of likely N-dealkylation sites (tertiary alicyclic amines) is 1. The molecule has 0 aromatic heterocycles. The Kier molecular flexibility index (Phi) is 3.86. The molecule has 7 heteroatoms. The van der Waals surface area contributed by atoms with Crippen LogP contribution in [0.2, 0.25) is 0 Å². The summed E-state index contributed by atoms with van der Waals surface area (Å²) in [5.41, 5.74) is 0.0484. The van der Waals surface area contributed by atoms with E-state index in [1.54, 1.807) is 0 Å². The molecular weight excluding hydrogens is 321 g/mol. The van der Waals surface area contributed by atoms with Crippen LogP contribution >= 0.6 is 15.9 Å². The fourth-order valence-corrected chi connectivity index (χ4v) is 2.58. The first-order valence-corrected chi connectivity index (χ1v) is 6.35. The second-order valence-electron chi connectivity index (χ2n) is 4.36. The van der Waals surface area contributed by atoms with Crippen LogP contribution in [-0.2, 0) is 4.79 Å². The van der Waals surface area contributed by atoms with Crippen molar-refractivity contribution in [3.8, 4) is 0 Å². The molecule has 19 heavy (non-hydrogen) atoms. The minimum Gasteiger partial charge on any atom is -0.480 e. The minimum absolute atomic E-state index is 0.0163. The van der Waals surface area contributed by atoms with Gasteiger partial charge in [0.2, 0.25) is 0 Å². The van der Waals surface area contributed by atoms with Crippen molar-refractivity contribution in [2.45, 2.75) is 18.6 Å². The van der Waals surface area contributed by atoms with Crippen LogP contribution in [0.4, 0.5) is 4.39 Å². The standard InChI is InChI=1S/C12H11BrFNO4/c13-7-1-6(2-8(14)3-7)11(17)15-5-9(16)4-10(15)12(18)19/h1-3,9-10,16H,4-5H2,(H,18,19)/t9-,10-/m0/s1. The van der Waals surface area contributed by atoms with Gasteiger partial charge in [0.15, 0.2) is 0 Å². The monoisotopic (exact) mass is 331 g/mol. The maximum absolute atomic E-state index is 13.2. The molecule has 2 N–H and O–H groups in total. The van der Waals surface area contributed by atoms with Crippen LogP contribution in [-0.4, -0.2) is 45.7 Å². The lowest BCUT2D eigenvalue weighted by Gasteiger charge is -2.21. The Balaban J connectivity index is 2.30. The number of carbonyl (C=O) groups is 2. The average Bonchev–Trinajstić information content (AvgIpc) is 2.69. The summed E-state index contributed by atoms with van der Waals surface area (Å²) in [6.07, 6.45) is -0.889. The Morgan fingerprint density at radius 2 is 2.05 bits per heavy atom. The topological polar surface area (TPSA) is 77.8 Å². The Hall–Kier alpha value is -1.47. The summed E-state index contributed by atoms with van der Waals surface area (Å²) in [7, 11) is 0. The van der Waals surface area contributed by atoms with E-state index in [1.165, 1.54) is 12.1 Å². The molecule has 2 atom stereocenters. The van der Waals surface area contributed by atoms with Crippen LogP contribution < -0.4 is 0 Å². The summed E-state index contributed by atoms with van der Waals surface area (Å²) < 4.78 is 13.6. The number of carbonyl (C=O) groups excluding carboxylic acids is 1. The number of amides is 1. The van der Waals surface area contributed by atoms with Crippen molar-refractivity contribution in [3.63, 3.8) is 0 Å². The molecule has 5 nitrogen and oxygen atoms in total. The molecule has 1 aromatic carbocycles. The Morgan fingerprint density at radius 3 is 2.63 bits per heavy atom. The van der Waals surface area contributed by atoms with Crippen LogP contribution in [0, 0.1) is 5.82 Å². The number of aliphatic hydroxyl groups is 1. The minimum atomic E-state index is -1.18. The van der Waals surface area contributed by atoms with Crippen LogP contribution in [0.1, 0.15) is 16.8 Å². The van der Waals surface area contributed by atoms with Crippen molar-refractivity contribution >= 4 is 27.8 Å². The molecule has 1 heterocycles. The number of aliphatic carboxylic acids is 1. The zero-order valence-electron chi connectivity index (χ0n) is 9.72. The van der Waals surface area contributed by atoms with Gasteiger partial charge in [-0.2, -0.15) is 0 Å². The number of aliphatic hydroxyl groups excluding tert-OH is 1. The van der Waals surface area contributed by atoms with Gasteiger partial charge in [-0.25, -0.2) is 9.18 Å². The maximum Gasteiger partial charge on any atom is 0.326 e. The van der Waals surface area contributed by atoms with E-state index in [1.807, 2.05) is 0 Å². The third-order valence-corrected chi connectivity index (χ3v) is 3.39. The molecule has 1 amide bonds. The first kappa shape index (κ1) is 14.0. The van der Waals surface area contributed by atoms with Crippen molar-refractivity contribution < 1.29 is 24.2 Å². The summed E-state index contributed by atoms with van der Waals surface area (Å²) in [6, 6.07) is 2.57. The number of nitrogens with zero attached hydrogens (tertiary/aromatic N) is 1. The number of hydrogen-bond acceptors (Lipinski definition) is 3. The number of carboxylic acids is 1. The van der Waals surface area contributed by atoms with Gasteiger partial charge in [-0.1, -0.05) is 15.9 Å². The second kappa shape index (κ2) is 5.26. The van der Waals surface area contributed by atoms with E-state index < -0.39 is 29.8 Å². The van der Waals surface area contributed by atoms with Crippen LogP contribution in [0.25, 0.3) is 0 Å². The van der Waals surface area contributed by atoms with Crippen molar-refractivity contribution in [2.75, 3.05) is 6.54 Å².